The molecule has 1 amide bonds. The van der Waals surface area contributed by atoms with E-state index in [9.17, 15) is 4.79 Å². The van der Waals surface area contributed by atoms with Gasteiger partial charge in [0.2, 0.25) is 5.91 Å². The quantitative estimate of drug-likeness (QED) is 0.766. The van der Waals surface area contributed by atoms with E-state index >= 15 is 0 Å². The lowest BCUT2D eigenvalue weighted by atomic mass is 10.2. The number of rotatable bonds is 4. The molecule has 3 N–H and O–H groups in total. The average molecular weight is 205 g/mol. The van der Waals surface area contributed by atoms with E-state index in [1.807, 2.05) is 6.07 Å². The van der Waals surface area contributed by atoms with Gasteiger partial charge in [-0.1, -0.05) is 6.07 Å². The van der Waals surface area contributed by atoms with Crippen molar-refractivity contribution in [2.45, 2.75) is 25.7 Å². The van der Waals surface area contributed by atoms with Crippen molar-refractivity contribution < 1.29 is 4.79 Å². The number of nitrogens with one attached hydrogen (secondary N) is 1. The maximum Gasteiger partial charge on any atom is 0.219 e. The smallest absolute Gasteiger partial charge is 0.219 e. The van der Waals surface area contributed by atoms with Crippen LogP contribution in [0.3, 0.4) is 0 Å². The fourth-order valence-corrected chi connectivity index (χ4v) is 1.83. The molecule has 0 saturated carbocycles. The number of nitrogens with two attached hydrogens (primary N) is 1. The molecule has 0 atom stereocenters. The third-order valence-electron chi connectivity index (χ3n) is 2.61. The molecule has 0 spiro atoms. The zero-order chi connectivity index (χ0) is 10.7. The van der Waals surface area contributed by atoms with Crippen molar-refractivity contribution in [2.75, 3.05) is 11.9 Å². The number of aryl methyl sites for hydroxylation is 2. The van der Waals surface area contributed by atoms with Crippen molar-refractivity contribution in [1.29, 1.82) is 0 Å². The van der Waals surface area contributed by atoms with Gasteiger partial charge in [0.25, 0.3) is 0 Å². The van der Waals surface area contributed by atoms with Crippen LogP contribution >= 0.6 is 0 Å². The van der Waals surface area contributed by atoms with Crippen LogP contribution in [0.5, 0.6) is 0 Å². The lowest BCUT2D eigenvalue weighted by Gasteiger charge is -2.05. The van der Waals surface area contributed by atoms with Crippen LogP contribution in [0, 0.1) is 0 Å². The Hall–Kier alpha value is -1.58. The van der Waals surface area contributed by atoms with E-state index in [1.165, 1.54) is 17.7 Å². The zero-order valence-electron chi connectivity index (χ0n) is 8.62. The first-order valence-electron chi connectivity index (χ1n) is 5.26. The lowest BCUT2D eigenvalue weighted by molar-refractivity contribution is -0.117. The van der Waals surface area contributed by atoms with Crippen molar-refractivity contribution in [3.8, 4) is 0 Å². The Labute approximate surface area is 88.9 Å². The van der Waals surface area contributed by atoms with Crippen molar-refractivity contribution in [1.82, 2.24) is 4.98 Å². The van der Waals surface area contributed by atoms with Gasteiger partial charge in [-0.15, -0.1) is 0 Å². The molecule has 0 aliphatic heterocycles. The molecular formula is C11H15N3O. The van der Waals surface area contributed by atoms with Gasteiger partial charge in [0, 0.05) is 18.7 Å². The van der Waals surface area contributed by atoms with Gasteiger partial charge in [-0.25, -0.2) is 4.98 Å². The number of anilines is 1. The minimum atomic E-state index is -0.288. The Balaban J connectivity index is 1.95. The van der Waals surface area contributed by atoms with Crippen LogP contribution in [-0.4, -0.2) is 17.4 Å². The molecule has 1 aromatic rings. The molecule has 2 rings (SSSR count). The molecule has 15 heavy (non-hydrogen) atoms. The largest absolute Gasteiger partial charge is 0.370 e. The summed E-state index contributed by atoms with van der Waals surface area (Å²) in [6.45, 7) is 0.557. The molecule has 1 aliphatic rings. The van der Waals surface area contributed by atoms with Gasteiger partial charge < -0.3 is 11.1 Å². The number of pyridine rings is 1. The van der Waals surface area contributed by atoms with E-state index in [0.29, 0.717) is 13.0 Å². The second-order valence-corrected chi connectivity index (χ2v) is 3.80. The summed E-state index contributed by atoms with van der Waals surface area (Å²) in [5.74, 6) is 0.556. The number of primary amides is 1. The molecule has 0 unspecified atom stereocenters. The Bertz CT molecular complexity index is 376. The minimum Gasteiger partial charge on any atom is -0.370 e. The number of amides is 1. The predicted molar refractivity (Wildman–Crippen MR) is 58.6 cm³/mol. The minimum absolute atomic E-state index is 0.288. The van der Waals surface area contributed by atoms with Crippen LogP contribution < -0.4 is 11.1 Å². The molecule has 0 bridgehead atoms. The normalized spacial score (nSPS) is 13.6. The molecule has 1 heterocycles. The monoisotopic (exact) mass is 205 g/mol. The second kappa shape index (κ2) is 4.29. The number of aromatic nitrogens is 1. The molecule has 4 heteroatoms. The van der Waals surface area contributed by atoms with E-state index in [0.717, 1.165) is 18.7 Å². The summed E-state index contributed by atoms with van der Waals surface area (Å²) >= 11 is 0. The van der Waals surface area contributed by atoms with Gasteiger partial charge in [-0.05, 0) is 30.9 Å². The number of carbonyl (C=O) groups excluding carboxylic acids is 1. The summed E-state index contributed by atoms with van der Waals surface area (Å²) in [5, 5.41) is 3.09. The van der Waals surface area contributed by atoms with E-state index in [1.54, 1.807) is 0 Å². The summed E-state index contributed by atoms with van der Waals surface area (Å²) in [7, 11) is 0. The van der Waals surface area contributed by atoms with Crippen LogP contribution in [0.1, 0.15) is 24.1 Å². The molecular weight excluding hydrogens is 190 g/mol. The highest BCUT2D eigenvalue weighted by Crippen LogP contribution is 2.21. The molecule has 0 saturated heterocycles. The molecule has 4 nitrogen and oxygen atoms in total. The highest BCUT2D eigenvalue weighted by molar-refractivity contribution is 5.74. The fourth-order valence-electron chi connectivity index (χ4n) is 1.83. The van der Waals surface area contributed by atoms with Gasteiger partial charge in [0.15, 0.2) is 0 Å². The molecule has 0 fully saturated rings. The molecule has 80 valence electrons. The lowest BCUT2D eigenvalue weighted by Crippen LogP contribution is -2.16. The number of fused-ring (bicyclic) bond motifs is 1. The average Bonchev–Trinajstić information content (AvgIpc) is 2.64. The summed E-state index contributed by atoms with van der Waals surface area (Å²) in [6.07, 6.45) is 3.76. The Morgan fingerprint density at radius 3 is 3.13 bits per heavy atom. The van der Waals surface area contributed by atoms with Crippen LogP contribution in [0.2, 0.25) is 0 Å². The number of nitrogens with zero attached hydrogens (tertiary/aromatic N) is 1. The maximum atomic E-state index is 10.5. The first-order chi connectivity index (χ1) is 7.25. The second-order valence-electron chi connectivity index (χ2n) is 3.80. The standard InChI is InChI=1S/C11H15N3O/c12-10(15)6-7-13-11-5-4-8-2-1-3-9(8)14-11/h4-5H,1-3,6-7H2,(H2,12,15)(H,13,14). The molecule has 0 aromatic carbocycles. The summed E-state index contributed by atoms with van der Waals surface area (Å²) < 4.78 is 0. The predicted octanol–water partition coefficient (Wildman–Crippen LogP) is 0.858. The Morgan fingerprint density at radius 2 is 2.33 bits per heavy atom. The summed E-state index contributed by atoms with van der Waals surface area (Å²) in [5.41, 5.74) is 7.60. The van der Waals surface area contributed by atoms with Crippen molar-refractivity contribution >= 4 is 11.7 Å². The number of carbonyl (C=O) groups is 1. The van der Waals surface area contributed by atoms with Gasteiger partial charge >= 0.3 is 0 Å². The fraction of sp³-hybridized carbons (Fsp3) is 0.455. The SMILES string of the molecule is NC(=O)CCNc1ccc2c(n1)CCC2. The third kappa shape index (κ3) is 2.46. The van der Waals surface area contributed by atoms with Crippen LogP contribution in [0.15, 0.2) is 12.1 Å². The highest BCUT2D eigenvalue weighted by atomic mass is 16.1. The first kappa shape index (κ1) is 9.96. The van der Waals surface area contributed by atoms with E-state index in [-0.39, 0.29) is 5.91 Å². The van der Waals surface area contributed by atoms with Gasteiger partial charge in [-0.2, -0.15) is 0 Å². The topological polar surface area (TPSA) is 68.0 Å². The van der Waals surface area contributed by atoms with Gasteiger partial charge in [0.05, 0.1) is 0 Å². The maximum absolute atomic E-state index is 10.5. The number of hydrogen-bond donors (Lipinski definition) is 2. The van der Waals surface area contributed by atoms with E-state index in [2.05, 4.69) is 16.4 Å². The highest BCUT2D eigenvalue weighted by Gasteiger charge is 2.11. The van der Waals surface area contributed by atoms with Crippen molar-refractivity contribution in [3.05, 3.63) is 23.4 Å². The summed E-state index contributed by atoms with van der Waals surface area (Å²) in [4.78, 5) is 15.0. The van der Waals surface area contributed by atoms with Crippen LogP contribution in [0.4, 0.5) is 5.82 Å². The summed E-state index contributed by atoms with van der Waals surface area (Å²) in [6, 6.07) is 4.08. The third-order valence-corrected chi connectivity index (χ3v) is 2.61. The van der Waals surface area contributed by atoms with E-state index in [4.69, 9.17) is 5.73 Å². The van der Waals surface area contributed by atoms with Gasteiger partial charge in [0.1, 0.15) is 5.82 Å². The number of hydrogen-bond acceptors (Lipinski definition) is 3. The molecule has 1 aliphatic carbocycles. The van der Waals surface area contributed by atoms with Crippen molar-refractivity contribution in [3.63, 3.8) is 0 Å². The molecule has 0 radical (unpaired) electrons. The van der Waals surface area contributed by atoms with Crippen LogP contribution in [-0.2, 0) is 17.6 Å². The molecule has 1 aromatic heterocycles. The zero-order valence-corrected chi connectivity index (χ0v) is 8.62. The van der Waals surface area contributed by atoms with Gasteiger partial charge in [-0.3, -0.25) is 4.79 Å². The first-order valence-corrected chi connectivity index (χ1v) is 5.26. The van der Waals surface area contributed by atoms with Crippen molar-refractivity contribution in [2.24, 2.45) is 5.73 Å². The van der Waals surface area contributed by atoms with E-state index < -0.39 is 0 Å². The Morgan fingerprint density at radius 1 is 1.47 bits per heavy atom. The Kier molecular flexibility index (Phi) is 2.85. The van der Waals surface area contributed by atoms with Crippen LogP contribution in [0.25, 0.3) is 0 Å².